The van der Waals surface area contributed by atoms with E-state index >= 15 is 0 Å². The minimum Gasteiger partial charge on any atom is -0.402 e. The molecule has 38 heavy (non-hydrogen) atoms. The van der Waals surface area contributed by atoms with Crippen LogP contribution in [0.5, 0.6) is 0 Å². The van der Waals surface area contributed by atoms with Crippen LogP contribution in [0.2, 0.25) is 0 Å². The molecule has 0 saturated heterocycles. The highest BCUT2D eigenvalue weighted by molar-refractivity contribution is 14.2. The number of rotatable bonds is 7. The molecule has 7 nitrogen and oxygen atoms in total. The molecule has 1 unspecified atom stereocenters. The number of nitrogens with one attached hydrogen (secondary N) is 1. The molecule has 0 bridgehead atoms. The van der Waals surface area contributed by atoms with E-state index in [1.54, 1.807) is 27.7 Å². The van der Waals surface area contributed by atoms with Crippen molar-refractivity contribution in [3.63, 3.8) is 0 Å². The maximum absolute atomic E-state index is 13.2. The van der Waals surface area contributed by atoms with E-state index in [-0.39, 0.29) is 17.3 Å². The summed E-state index contributed by atoms with van der Waals surface area (Å²) in [4.78, 5) is 20.5. The molecule has 1 aromatic heterocycles. The number of carbonyl (C=O) groups is 1. The summed E-state index contributed by atoms with van der Waals surface area (Å²) in [5, 5.41) is 6.21. The van der Waals surface area contributed by atoms with Crippen molar-refractivity contribution < 1.29 is 31.1 Å². The van der Waals surface area contributed by atoms with Crippen LogP contribution in [0.25, 0.3) is 0 Å². The van der Waals surface area contributed by atoms with Gasteiger partial charge in [0.25, 0.3) is 5.91 Å². The fraction of sp³-hybridized carbons (Fsp3) is 0.565. The van der Waals surface area contributed by atoms with Gasteiger partial charge in [0.2, 0.25) is 0 Å². The van der Waals surface area contributed by atoms with E-state index in [9.17, 15) is 31.1 Å². The Kier molecular flexibility index (Phi) is 12.9. The fourth-order valence-electron chi connectivity index (χ4n) is 3.58. The Morgan fingerprint density at radius 2 is 1.84 bits per heavy atom. The molecule has 0 aromatic carbocycles. The number of hydrogen-bond donors (Lipinski definition) is 3. The predicted octanol–water partition coefficient (Wildman–Crippen LogP) is 6.49. The number of nitrogens with two attached hydrogens (primary N) is 1. The molecule has 0 saturated carbocycles. The lowest BCUT2D eigenvalue weighted by Gasteiger charge is -2.26. The average molecular weight is 681 g/mol. The second-order valence-corrected chi connectivity index (χ2v) is 8.94. The molecule has 1 aliphatic rings. The number of allylic oxidation sites excluding steroid dienone is 3. The monoisotopic (exact) mass is 680 g/mol. The van der Waals surface area contributed by atoms with Gasteiger partial charge in [0.05, 0.1) is 6.04 Å². The van der Waals surface area contributed by atoms with Gasteiger partial charge in [-0.1, -0.05) is 13.8 Å². The van der Waals surface area contributed by atoms with Crippen LogP contribution in [0.15, 0.2) is 39.1 Å². The smallest absolute Gasteiger partial charge is 0.402 e. The van der Waals surface area contributed by atoms with Crippen LogP contribution in [0.3, 0.4) is 0 Å². The van der Waals surface area contributed by atoms with Gasteiger partial charge in [-0.2, -0.15) is 31.4 Å². The number of nitrogens with zero attached hydrogens (tertiary/aromatic N) is 4. The topological polar surface area (TPSA) is 97.7 Å². The van der Waals surface area contributed by atoms with E-state index in [4.69, 9.17) is 5.73 Å². The lowest BCUT2D eigenvalue weighted by atomic mass is 9.92. The van der Waals surface area contributed by atoms with Crippen molar-refractivity contribution in [2.75, 3.05) is 7.05 Å². The number of thiol groups is 1. The Labute approximate surface area is 235 Å². The first-order valence-electron chi connectivity index (χ1n) is 11.5. The van der Waals surface area contributed by atoms with E-state index in [0.717, 1.165) is 17.8 Å². The van der Waals surface area contributed by atoms with Crippen molar-refractivity contribution >= 4 is 48.8 Å². The molecule has 1 aromatic rings. The van der Waals surface area contributed by atoms with Crippen LogP contribution in [0, 0.1) is 5.92 Å². The Hall–Kier alpha value is -2.04. The van der Waals surface area contributed by atoms with E-state index < -0.39 is 41.7 Å². The first kappa shape index (κ1) is 34.0. The molecule has 0 aliphatic heterocycles. The van der Waals surface area contributed by atoms with Gasteiger partial charge >= 0.3 is 12.4 Å². The maximum Gasteiger partial charge on any atom is 0.435 e. The van der Waals surface area contributed by atoms with Crippen molar-refractivity contribution in [2.45, 2.75) is 71.4 Å². The van der Waals surface area contributed by atoms with Crippen LogP contribution < -0.4 is 11.1 Å². The van der Waals surface area contributed by atoms with E-state index in [2.05, 4.69) is 30.2 Å². The van der Waals surface area contributed by atoms with Crippen LogP contribution in [-0.2, 0) is 6.18 Å². The Morgan fingerprint density at radius 3 is 2.32 bits per heavy atom. The third-order valence-electron chi connectivity index (χ3n) is 5.50. The Balaban J connectivity index is 0.00000352. The van der Waals surface area contributed by atoms with Gasteiger partial charge in [-0.05, 0) is 66.3 Å². The number of alkyl halides is 6. The highest BCUT2D eigenvalue weighted by atomic mass is 127. The van der Waals surface area contributed by atoms with Crippen molar-refractivity contribution in [3.8, 4) is 0 Å². The first-order chi connectivity index (χ1) is 17.6. The number of amides is 1. The fourth-order valence-corrected chi connectivity index (χ4v) is 3.58. The zero-order valence-electron chi connectivity index (χ0n) is 21.5. The molecule has 1 atom stereocenters. The molecule has 15 heteroatoms. The molecule has 1 aliphatic carbocycles. The van der Waals surface area contributed by atoms with Gasteiger partial charge in [0.1, 0.15) is 11.4 Å². The molecule has 214 valence electrons. The normalized spacial score (nSPS) is 17.8. The van der Waals surface area contributed by atoms with E-state index in [1.165, 1.54) is 6.21 Å². The number of carbonyl (C=O) groups excluding carboxylic acids is 1. The highest BCUT2D eigenvalue weighted by Crippen LogP contribution is 2.30. The minimum absolute atomic E-state index is 0.0941. The molecular weight excluding hydrogens is 649 g/mol. The van der Waals surface area contributed by atoms with E-state index in [0.29, 0.717) is 36.6 Å². The number of hydrogen-bond acceptors (Lipinski definition) is 6. The number of halogens is 7. The largest absolute Gasteiger partial charge is 0.435 e. The SMILES string of the molecule is CN=C(/C=C(/N=CC1=C(N)CCCC1NC(=O)c1cc(C(F)(F)F)nn1C(C)C)C(C)C)C(F)(F)F.SI. The zero-order valence-corrected chi connectivity index (χ0v) is 24.5. The Bertz CT molecular complexity index is 1090. The van der Waals surface area contributed by atoms with Gasteiger partial charge in [0.15, 0.2) is 5.69 Å². The lowest BCUT2D eigenvalue weighted by molar-refractivity contribution is -0.141. The second-order valence-electron chi connectivity index (χ2n) is 8.94. The molecule has 1 amide bonds. The number of aromatic nitrogens is 2. The average Bonchev–Trinajstić information content (AvgIpc) is 3.27. The second kappa shape index (κ2) is 14.4. The summed E-state index contributed by atoms with van der Waals surface area (Å²) in [5.41, 5.74) is 4.44. The van der Waals surface area contributed by atoms with Crippen LogP contribution >= 0.6 is 31.0 Å². The Morgan fingerprint density at radius 1 is 1.24 bits per heavy atom. The van der Waals surface area contributed by atoms with Gasteiger partial charge in [-0.25, -0.2) is 0 Å². The molecular formula is C23H31F6IN6OS. The van der Waals surface area contributed by atoms with Crippen LogP contribution in [-0.4, -0.2) is 46.9 Å². The summed E-state index contributed by atoms with van der Waals surface area (Å²) in [6, 6.07) is -0.534. The molecule has 1 heterocycles. The summed E-state index contributed by atoms with van der Waals surface area (Å²) in [7, 11) is 4.53. The summed E-state index contributed by atoms with van der Waals surface area (Å²) < 4.78 is 80.0. The van der Waals surface area contributed by atoms with Crippen LogP contribution in [0.4, 0.5) is 26.3 Å². The highest BCUT2D eigenvalue weighted by Gasteiger charge is 2.37. The minimum atomic E-state index is -4.72. The quantitative estimate of drug-likeness (QED) is 0.133. The third-order valence-corrected chi connectivity index (χ3v) is 5.50. The van der Waals surface area contributed by atoms with Gasteiger partial charge < -0.3 is 11.1 Å². The van der Waals surface area contributed by atoms with Crippen LogP contribution in [0.1, 0.15) is 69.2 Å². The first-order valence-corrected chi connectivity index (χ1v) is 14.7. The van der Waals surface area contributed by atoms with Crippen molar-refractivity contribution in [2.24, 2.45) is 21.6 Å². The van der Waals surface area contributed by atoms with Crippen molar-refractivity contribution in [1.82, 2.24) is 15.1 Å². The van der Waals surface area contributed by atoms with Gasteiger partial charge in [0, 0.05) is 42.3 Å². The maximum atomic E-state index is 13.2. The summed E-state index contributed by atoms with van der Waals surface area (Å²) in [6.45, 7) is 6.51. The van der Waals surface area contributed by atoms with Crippen molar-refractivity contribution in [1.29, 1.82) is 0 Å². The van der Waals surface area contributed by atoms with Gasteiger partial charge in [-0.3, -0.25) is 19.5 Å². The predicted molar refractivity (Wildman–Crippen MR) is 148 cm³/mol. The summed E-state index contributed by atoms with van der Waals surface area (Å²) >= 11 is 1.84. The number of aliphatic imine (C=N–C) groups is 2. The third kappa shape index (κ3) is 9.31. The van der Waals surface area contributed by atoms with E-state index in [1.807, 2.05) is 21.2 Å². The molecule has 0 spiro atoms. The molecule has 0 radical (unpaired) electrons. The summed E-state index contributed by atoms with van der Waals surface area (Å²) in [5.74, 6) is -1.17. The van der Waals surface area contributed by atoms with Gasteiger partial charge in [-0.15, -0.1) is 9.80 Å². The molecule has 2 rings (SSSR count). The lowest BCUT2D eigenvalue weighted by Crippen LogP contribution is -2.40. The van der Waals surface area contributed by atoms with Crippen molar-refractivity contribution in [3.05, 3.63) is 40.5 Å². The zero-order chi connectivity index (χ0) is 29.4. The molecule has 3 N–H and O–H groups in total. The molecule has 0 fully saturated rings. The summed E-state index contributed by atoms with van der Waals surface area (Å²) in [6.07, 6.45) is -5.75. The standard InChI is InChI=1S/C23H30F6N6O.HIS/c1-12(2)17(9-19(31-5)22(24,25)26)32-11-14-15(30)7-6-8-16(14)33-21(36)18-10-20(23(27,28)29)34-35(18)13(3)4;1-2/h9-13,16H,6-8,30H2,1-5H3,(H,33,36);2H/b17-9+,31-19?,32-11?;.